The third kappa shape index (κ3) is 26.5. The van der Waals surface area contributed by atoms with Crippen LogP contribution in [0.5, 0.6) is 0 Å². The van der Waals surface area contributed by atoms with Gasteiger partial charge in [-0.25, -0.2) is 0 Å². The number of aliphatic hydroxyl groups excluding tert-OH is 5. The number of ether oxygens (including phenoxy) is 2. The Hall–Kier alpha value is -1.33. The van der Waals surface area contributed by atoms with E-state index in [0.29, 0.717) is 6.42 Å². The Labute approximate surface area is 330 Å². The smallest absolute Gasteiger partial charge is 0.220 e. The minimum Gasteiger partial charge on any atom is -0.394 e. The van der Waals surface area contributed by atoms with E-state index in [1.165, 1.54) is 141 Å². The van der Waals surface area contributed by atoms with Gasteiger partial charge in [0.25, 0.3) is 0 Å². The van der Waals surface area contributed by atoms with Crippen molar-refractivity contribution in [1.29, 1.82) is 0 Å². The number of hydrogen-bond donors (Lipinski definition) is 6. The fourth-order valence-corrected chi connectivity index (χ4v) is 7.09. The SMILES string of the molecule is CCCCCCCCCC/C=C\CCCCCCCCCCCC(=O)NC(COC1OC(CO)C(O)C(O)C1O)C(O)/C=C/CCCCCCCCCC. The van der Waals surface area contributed by atoms with Gasteiger partial charge in [-0.2, -0.15) is 0 Å². The van der Waals surface area contributed by atoms with Crippen LogP contribution in [0.1, 0.15) is 200 Å². The number of allylic oxidation sites excluding steroid dienone is 3. The van der Waals surface area contributed by atoms with E-state index in [4.69, 9.17) is 9.47 Å². The van der Waals surface area contributed by atoms with Crippen LogP contribution in [0.2, 0.25) is 0 Å². The quantitative estimate of drug-likeness (QED) is 0.0271. The normalized spacial score (nSPS) is 21.6. The zero-order valence-corrected chi connectivity index (χ0v) is 34.7. The molecule has 1 saturated heterocycles. The summed E-state index contributed by atoms with van der Waals surface area (Å²) in [7, 11) is 0. The molecule has 1 fully saturated rings. The highest BCUT2D eigenvalue weighted by Gasteiger charge is 2.44. The lowest BCUT2D eigenvalue weighted by Crippen LogP contribution is -2.60. The average Bonchev–Trinajstić information content (AvgIpc) is 3.17. The van der Waals surface area contributed by atoms with Crippen molar-refractivity contribution in [3.63, 3.8) is 0 Å². The lowest BCUT2D eigenvalue weighted by Gasteiger charge is -2.40. The van der Waals surface area contributed by atoms with Crippen molar-refractivity contribution < 1.29 is 39.8 Å². The van der Waals surface area contributed by atoms with E-state index in [0.717, 1.165) is 38.5 Å². The van der Waals surface area contributed by atoms with Crippen molar-refractivity contribution in [3.05, 3.63) is 24.3 Å². The predicted molar refractivity (Wildman–Crippen MR) is 221 cm³/mol. The number of amides is 1. The van der Waals surface area contributed by atoms with Gasteiger partial charge < -0.3 is 40.3 Å². The number of rotatable bonds is 37. The molecule has 0 radical (unpaired) electrons. The molecular formula is C45H85NO8. The molecule has 0 spiro atoms. The molecule has 7 unspecified atom stereocenters. The van der Waals surface area contributed by atoms with Crippen LogP contribution in [0.15, 0.2) is 24.3 Å². The van der Waals surface area contributed by atoms with E-state index in [1.54, 1.807) is 6.08 Å². The summed E-state index contributed by atoms with van der Waals surface area (Å²) in [5.74, 6) is -0.181. The summed E-state index contributed by atoms with van der Waals surface area (Å²) in [5, 5.41) is 54.0. The number of hydrogen-bond acceptors (Lipinski definition) is 8. The van der Waals surface area contributed by atoms with Crippen LogP contribution in [-0.4, -0.2) is 87.5 Å². The van der Waals surface area contributed by atoms with Gasteiger partial charge >= 0.3 is 0 Å². The van der Waals surface area contributed by atoms with Crippen molar-refractivity contribution in [2.75, 3.05) is 13.2 Å². The van der Waals surface area contributed by atoms with Gasteiger partial charge in [-0.1, -0.05) is 173 Å². The van der Waals surface area contributed by atoms with Crippen LogP contribution in [0.25, 0.3) is 0 Å². The highest BCUT2D eigenvalue weighted by molar-refractivity contribution is 5.76. The first-order valence-corrected chi connectivity index (χ1v) is 22.6. The zero-order chi connectivity index (χ0) is 39.5. The third-order valence-electron chi connectivity index (χ3n) is 10.8. The first-order valence-electron chi connectivity index (χ1n) is 22.6. The van der Waals surface area contributed by atoms with Gasteiger partial charge in [0, 0.05) is 6.42 Å². The van der Waals surface area contributed by atoms with E-state index in [-0.39, 0.29) is 12.5 Å². The Morgan fingerprint density at radius 2 is 1.04 bits per heavy atom. The molecule has 1 aliphatic rings. The monoisotopic (exact) mass is 768 g/mol. The van der Waals surface area contributed by atoms with E-state index < -0.39 is 49.5 Å². The molecule has 1 rings (SSSR count). The minimum atomic E-state index is -1.56. The van der Waals surface area contributed by atoms with Gasteiger partial charge in [0.05, 0.1) is 25.4 Å². The van der Waals surface area contributed by atoms with Crippen LogP contribution in [0.3, 0.4) is 0 Å². The Morgan fingerprint density at radius 1 is 0.611 bits per heavy atom. The number of aliphatic hydroxyl groups is 5. The summed E-state index contributed by atoms with van der Waals surface area (Å²) in [6.07, 6.45) is 35.1. The summed E-state index contributed by atoms with van der Waals surface area (Å²) in [4.78, 5) is 12.9. The molecule has 318 valence electrons. The Kier molecular flexibility index (Phi) is 33.8. The average molecular weight is 768 g/mol. The zero-order valence-electron chi connectivity index (χ0n) is 34.7. The molecule has 1 amide bonds. The van der Waals surface area contributed by atoms with Gasteiger partial charge in [-0.05, 0) is 44.9 Å². The first-order chi connectivity index (χ1) is 26.3. The van der Waals surface area contributed by atoms with E-state index in [1.807, 2.05) is 6.08 Å². The van der Waals surface area contributed by atoms with E-state index >= 15 is 0 Å². The van der Waals surface area contributed by atoms with E-state index in [9.17, 15) is 30.3 Å². The molecule has 9 nitrogen and oxygen atoms in total. The highest BCUT2D eigenvalue weighted by Crippen LogP contribution is 2.22. The Balaban J connectivity index is 2.29. The molecule has 0 aromatic rings. The minimum absolute atomic E-state index is 0.181. The molecule has 6 N–H and O–H groups in total. The van der Waals surface area contributed by atoms with Crippen LogP contribution >= 0.6 is 0 Å². The Morgan fingerprint density at radius 3 is 1.50 bits per heavy atom. The van der Waals surface area contributed by atoms with Gasteiger partial charge in [-0.3, -0.25) is 4.79 Å². The molecular weight excluding hydrogens is 682 g/mol. The molecule has 54 heavy (non-hydrogen) atoms. The summed E-state index contributed by atoms with van der Waals surface area (Å²) in [5.41, 5.74) is 0. The molecule has 0 aromatic heterocycles. The second kappa shape index (κ2) is 36.0. The molecule has 0 bridgehead atoms. The molecule has 7 atom stereocenters. The molecule has 0 aliphatic carbocycles. The Bertz CT molecular complexity index is 899. The fraction of sp³-hybridized carbons (Fsp3) is 0.889. The summed E-state index contributed by atoms with van der Waals surface area (Å²) >= 11 is 0. The van der Waals surface area contributed by atoms with Gasteiger partial charge in [0.1, 0.15) is 24.4 Å². The lowest BCUT2D eigenvalue weighted by atomic mass is 9.99. The van der Waals surface area contributed by atoms with Crippen LogP contribution < -0.4 is 5.32 Å². The van der Waals surface area contributed by atoms with Crippen molar-refractivity contribution in [1.82, 2.24) is 5.32 Å². The first kappa shape index (κ1) is 50.7. The lowest BCUT2D eigenvalue weighted by molar-refractivity contribution is -0.302. The molecule has 9 heteroatoms. The maximum Gasteiger partial charge on any atom is 0.220 e. The fourth-order valence-electron chi connectivity index (χ4n) is 7.09. The van der Waals surface area contributed by atoms with Gasteiger partial charge in [-0.15, -0.1) is 0 Å². The largest absolute Gasteiger partial charge is 0.394 e. The second-order valence-electron chi connectivity index (χ2n) is 15.8. The number of carbonyl (C=O) groups excluding carboxylic acids is 1. The van der Waals surface area contributed by atoms with Crippen molar-refractivity contribution in [3.8, 4) is 0 Å². The molecule has 0 aromatic carbocycles. The predicted octanol–water partition coefficient (Wildman–Crippen LogP) is 9.11. The van der Waals surface area contributed by atoms with E-state index in [2.05, 4.69) is 31.3 Å². The van der Waals surface area contributed by atoms with Crippen molar-refractivity contribution in [2.45, 2.75) is 243 Å². The standard InChI is InChI=1S/C45H85NO8/c1-3-5-7-9-11-13-15-16-17-18-19-20-21-22-23-24-25-27-29-31-33-35-41(49)46-38(37-53-45-44(52)43(51)42(50)40(36-47)54-45)39(48)34-32-30-28-26-14-12-10-8-6-4-2/h18-19,32,34,38-40,42-45,47-48,50-52H,3-17,20-31,33,35-37H2,1-2H3,(H,46,49)/b19-18-,34-32+. The number of carbonyl (C=O) groups is 1. The molecule has 0 saturated carbocycles. The number of unbranched alkanes of at least 4 members (excludes halogenated alkanes) is 25. The molecule has 1 heterocycles. The van der Waals surface area contributed by atoms with Gasteiger partial charge in [0.15, 0.2) is 6.29 Å². The van der Waals surface area contributed by atoms with Crippen LogP contribution in [0, 0.1) is 0 Å². The topological polar surface area (TPSA) is 149 Å². The van der Waals surface area contributed by atoms with Crippen molar-refractivity contribution >= 4 is 5.91 Å². The molecule has 1 aliphatic heterocycles. The third-order valence-corrected chi connectivity index (χ3v) is 10.8. The maximum atomic E-state index is 12.9. The van der Waals surface area contributed by atoms with Gasteiger partial charge in [0.2, 0.25) is 5.91 Å². The second-order valence-corrected chi connectivity index (χ2v) is 15.8. The number of nitrogens with one attached hydrogen (secondary N) is 1. The summed E-state index contributed by atoms with van der Waals surface area (Å²) in [6, 6.07) is -0.801. The summed E-state index contributed by atoms with van der Waals surface area (Å²) < 4.78 is 11.2. The summed E-state index contributed by atoms with van der Waals surface area (Å²) in [6.45, 7) is 3.74. The highest BCUT2D eigenvalue weighted by atomic mass is 16.7. The van der Waals surface area contributed by atoms with Crippen molar-refractivity contribution in [2.24, 2.45) is 0 Å². The van der Waals surface area contributed by atoms with Crippen LogP contribution in [-0.2, 0) is 14.3 Å². The van der Waals surface area contributed by atoms with Crippen LogP contribution in [0.4, 0.5) is 0 Å². The maximum absolute atomic E-state index is 12.9.